The molecule has 1 aromatic carbocycles. The molecule has 0 unspecified atom stereocenters. The lowest BCUT2D eigenvalue weighted by Gasteiger charge is -1.85. The molecule has 1 aromatic rings. The Kier molecular flexibility index (Phi) is 9.76. The first-order valence-corrected chi connectivity index (χ1v) is 3.10. The summed E-state index contributed by atoms with van der Waals surface area (Å²) in [6, 6.07) is 5.04. The van der Waals surface area contributed by atoms with Crippen molar-refractivity contribution in [1.82, 2.24) is 0 Å². The maximum atomic E-state index is 11.9. The van der Waals surface area contributed by atoms with Crippen molar-refractivity contribution in [2.45, 2.75) is 0 Å². The molecule has 0 saturated heterocycles. The summed E-state index contributed by atoms with van der Waals surface area (Å²) in [5.74, 6) is 6.40. The number of rotatable bonds is 0. The molecule has 0 fully saturated rings. The maximum Gasteiger partial charge on any atom is 0.291 e. The Morgan fingerprint density at radius 1 is 1.21 bits per heavy atom. The molecule has 0 atom stereocenters. The molecule has 0 aliphatic carbocycles. The van der Waals surface area contributed by atoms with Gasteiger partial charge in [-0.1, -0.05) is 12.1 Å². The second kappa shape index (κ2) is 9.29. The van der Waals surface area contributed by atoms with Crippen molar-refractivity contribution in [2.75, 3.05) is 0 Å². The summed E-state index contributed by atoms with van der Waals surface area (Å²) in [4.78, 5) is 8.36. The molecular weight excluding hydrogens is 200 g/mol. The third kappa shape index (κ3) is 10.2. The first kappa shape index (κ1) is 14.7. The predicted molar refractivity (Wildman–Crippen MR) is 43.5 cm³/mol. The van der Waals surface area contributed by atoms with Crippen LogP contribution in [0.1, 0.15) is 0 Å². The summed E-state index contributed by atoms with van der Waals surface area (Å²) in [7, 11) is 0. The molecular formula is C6H9F2N3O3. The minimum Gasteiger partial charge on any atom is -0.328 e. The van der Waals surface area contributed by atoms with E-state index in [0.29, 0.717) is 0 Å². The van der Waals surface area contributed by atoms with Gasteiger partial charge < -0.3 is 5.21 Å². The largest absolute Gasteiger partial charge is 0.328 e. The average Bonchev–Trinajstić information content (AvgIpc) is 2.13. The summed E-state index contributed by atoms with van der Waals surface area (Å²) in [6.45, 7) is 0. The van der Waals surface area contributed by atoms with E-state index in [-0.39, 0.29) is 0 Å². The van der Waals surface area contributed by atoms with Crippen molar-refractivity contribution >= 4 is 0 Å². The first-order chi connectivity index (χ1) is 6.54. The van der Waals surface area contributed by atoms with E-state index in [1.54, 1.807) is 0 Å². The van der Waals surface area contributed by atoms with Gasteiger partial charge in [0, 0.05) is 0 Å². The highest BCUT2D eigenvalue weighted by atomic mass is 19.2. The zero-order valence-electron chi connectivity index (χ0n) is 6.93. The van der Waals surface area contributed by atoms with Crippen molar-refractivity contribution < 1.29 is 19.1 Å². The molecule has 5 N–H and O–H groups in total. The van der Waals surface area contributed by atoms with Crippen LogP contribution in [0.4, 0.5) is 8.78 Å². The van der Waals surface area contributed by atoms with Crippen LogP contribution >= 0.6 is 0 Å². The minimum absolute atomic E-state index is 0.799. The molecule has 0 heterocycles. The van der Waals surface area contributed by atoms with Crippen LogP contribution in [0.15, 0.2) is 24.3 Å². The van der Waals surface area contributed by atoms with Gasteiger partial charge in [-0.2, -0.15) is 0 Å². The highest BCUT2D eigenvalue weighted by molar-refractivity contribution is 5.05. The Labute approximate surface area is 77.8 Å². The number of hydrogen-bond donors (Lipinski definition) is 3. The van der Waals surface area contributed by atoms with Crippen LogP contribution < -0.4 is 11.7 Å². The lowest BCUT2D eigenvalue weighted by Crippen LogP contribution is -2.02. The van der Waals surface area contributed by atoms with Crippen molar-refractivity contribution in [3.63, 3.8) is 0 Å². The molecule has 80 valence electrons. The molecule has 0 radical (unpaired) electrons. The fourth-order valence-electron chi connectivity index (χ4n) is 0.439. The van der Waals surface area contributed by atoms with E-state index in [0.717, 1.165) is 12.1 Å². The van der Waals surface area contributed by atoms with E-state index in [9.17, 15) is 8.78 Å². The molecule has 14 heavy (non-hydrogen) atoms. The zero-order chi connectivity index (χ0) is 11.6. The van der Waals surface area contributed by atoms with Gasteiger partial charge in [0.2, 0.25) is 0 Å². The molecule has 0 aliphatic heterocycles. The Hall–Kier alpha value is -1.80. The lowest BCUT2D eigenvalue weighted by atomic mass is 10.3. The Morgan fingerprint density at radius 3 is 1.57 bits per heavy atom. The quantitative estimate of drug-likeness (QED) is 0.325. The van der Waals surface area contributed by atoms with Gasteiger partial charge in [0.1, 0.15) is 0 Å². The summed E-state index contributed by atoms with van der Waals surface area (Å²) in [5.41, 5.74) is 0. The van der Waals surface area contributed by atoms with E-state index >= 15 is 0 Å². The fraction of sp³-hybridized carbons (Fsp3) is 0. The number of nitrogens with zero attached hydrogens (tertiary/aromatic N) is 1. The van der Waals surface area contributed by atoms with Gasteiger partial charge in [0.25, 0.3) is 5.09 Å². The van der Waals surface area contributed by atoms with E-state index < -0.39 is 16.7 Å². The number of benzene rings is 1. The van der Waals surface area contributed by atoms with Gasteiger partial charge in [0.15, 0.2) is 11.6 Å². The molecule has 0 aromatic heterocycles. The third-order valence-corrected chi connectivity index (χ3v) is 0.824. The molecule has 8 heteroatoms. The summed E-state index contributed by atoms with van der Waals surface area (Å²) < 4.78 is 23.9. The molecule has 1 rings (SSSR count). The van der Waals surface area contributed by atoms with Crippen molar-refractivity contribution in [3.8, 4) is 0 Å². The van der Waals surface area contributed by atoms with Crippen LogP contribution in [0.2, 0.25) is 0 Å². The lowest BCUT2D eigenvalue weighted by molar-refractivity contribution is -0.742. The number of hydrogen-bond acceptors (Lipinski definition) is 4. The minimum atomic E-state index is -1.50. The topological polar surface area (TPSA) is 115 Å². The van der Waals surface area contributed by atoms with Crippen molar-refractivity contribution in [1.29, 1.82) is 0 Å². The van der Waals surface area contributed by atoms with Crippen LogP contribution in [0.3, 0.4) is 0 Å². The Morgan fingerprint density at radius 2 is 1.43 bits per heavy atom. The molecule has 0 bridgehead atoms. The second-order valence-electron chi connectivity index (χ2n) is 1.65. The maximum absolute atomic E-state index is 11.9. The first-order valence-electron chi connectivity index (χ1n) is 3.10. The van der Waals surface area contributed by atoms with Gasteiger partial charge in [-0.25, -0.2) is 8.78 Å². The Balaban J connectivity index is 0. The van der Waals surface area contributed by atoms with E-state index in [2.05, 4.69) is 11.7 Å². The van der Waals surface area contributed by atoms with Gasteiger partial charge in [-0.05, 0) is 12.1 Å². The number of halogens is 2. The van der Waals surface area contributed by atoms with Gasteiger partial charge in [-0.15, -0.1) is 10.1 Å². The molecule has 0 aliphatic rings. The van der Waals surface area contributed by atoms with Crippen molar-refractivity contribution in [2.24, 2.45) is 11.7 Å². The highest BCUT2D eigenvalue weighted by Gasteiger charge is 1.93. The van der Waals surface area contributed by atoms with Crippen LogP contribution in [0.5, 0.6) is 0 Å². The summed E-state index contributed by atoms with van der Waals surface area (Å²) >= 11 is 0. The summed E-state index contributed by atoms with van der Waals surface area (Å²) in [6.07, 6.45) is 0. The third-order valence-electron chi connectivity index (χ3n) is 0.824. The highest BCUT2D eigenvalue weighted by Crippen LogP contribution is 2.01. The van der Waals surface area contributed by atoms with Crippen molar-refractivity contribution in [3.05, 3.63) is 46.0 Å². The van der Waals surface area contributed by atoms with Crippen LogP contribution in [0.25, 0.3) is 0 Å². The fourth-order valence-corrected chi connectivity index (χ4v) is 0.439. The number of hydrazine groups is 1. The van der Waals surface area contributed by atoms with E-state index in [1.807, 2.05) is 0 Å². The molecule has 0 saturated carbocycles. The normalized spacial score (nSPS) is 7.43. The van der Waals surface area contributed by atoms with Gasteiger partial charge in [0.05, 0.1) is 0 Å². The zero-order valence-corrected chi connectivity index (χ0v) is 6.93. The molecule has 0 spiro atoms. The second-order valence-corrected chi connectivity index (χ2v) is 1.65. The average molecular weight is 209 g/mol. The van der Waals surface area contributed by atoms with Crippen LogP contribution in [-0.2, 0) is 0 Å². The number of nitrogens with two attached hydrogens (primary N) is 2. The molecule has 0 amide bonds. The summed E-state index contributed by atoms with van der Waals surface area (Å²) in [5, 5.41) is 13.6. The predicted octanol–water partition coefficient (Wildman–Crippen LogP) is 0.436. The smallest absolute Gasteiger partial charge is 0.291 e. The van der Waals surface area contributed by atoms with E-state index in [4.69, 9.17) is 15.3 Å². The van der Waals surface area contributed by atoms with Gasteiger partial charge >= 0.3 is 0 Å². The standard InChI is InChI=1S/C6H4F2.H4N2.HNO3/c7-5-3-1-2-4-6(5)8;1-2;2-1(3)4/h1-4H;1-2H2;(H,2,3,4). The molecule has 6 nitrogen and oxygen atoms in total. The SMILES string of the molecule is Fc1ccccc1F.NN.O=[N+]([O-])O. The monoisotopic (exact) mass is 209 g/mol. The van der Waals surface area contributed by atoms with Crippen LogP contribution in [0, 0.1) is 21.7 Å². The van der Waals surface area contributed by atoms with Crippen LogP contribution in [-0.4, -0.2) is 10.3 Å². The Bertz CT molecular complexity index is 247. The van der Waals surface area contributed by atoms with E-state index in [1.165, 1.54) is 12.1 Å². The van der Waals surface area contributed by atoms with Gasteiger partial charge in [-0.3, -0.25) is 11.7 Å².